The average molecular weight is 654 g/mol. The lowest BCUT2D eigenvalue weighted by Gasteiger charge is -2.19. The number of rotatable bonds is 10. The van der Waals surface area contributed by atoms with E-state index in [2.05, 4.69) is 25.8 Å². The molecule has 5 aromatic rings. The van der Waals surface area contributed by atoms with E-state index in [1.807, 2.05) is 0 Å². The SMILES string of the molecule is COc1ccc(-c2cc(C(=O)NC(Cc3ccc(-c4noc(-c5ccc(NC(=O)OC(C)(C)C)cc5)n4)c(F)c3)C(=O)O)ccn2)cc1. The van der Waals surface area contributed by atoms with Crippen LogP contribution in [0.25, 0.3) is 34.1 Å². The third-order valence-corrected chi connectivity index (χ3v) is 6.93. The van der Waals surface area contributed by atoms with Crippen LogP contribution in [-0.2, 0) is 16.0 Å². The summed E-state index contributed by atoms with van der Waals surface area (Å²) in [4.78, 5) is 45.7. The van der Waals surface area contributed by atoms with Crippen molar-refractivity contribution in [3.8, 4) is 39.8 Å². The Morgan fingerprint density at radius 3 is 2.31 bits per heavy atom. The maximum absolute atomic E-state index is 15.2. The Labute approximate surface area is 274 Å². The van der Waals surface area contributed by atoms with E-state index in [-0.39, 0.29) is 29.3 Å². The smallest absolute Gasteiger partial charge is 0.412 e. The normalized spacial score (nSPS) is 11.8. The number of nitrogens with one attached hydrogen (secondary N) is 2. The molecule has 12 nitrogen and oxygen atoms in total. The number of benzene rings is 3. The first-order chi connectivity index (χ1) is 22.9. The molecule has 0 aliphatic carbocycles. The van der Waals surface area contributed by atoms with Gasteiger partial charge in [0, 0.05) is 35.0 Å². The fraction of sp³-hybridized carbons (Fsp3) is 0.200. The lowest BCUT2D eigenvalue weighted by molar-refractivity contribution is -0.139. The van der Waals surface area contributed by atoms with Gasteiger partial charge in [-0.2, -0.15) is 4.98 Å². The van der Waals surface area contributed by atoms with E-state index in [0.29, 0.717) is 28.3 Å². The van der Waals surface area contributed by atoms with Gasteiger partial charge in [0.1, 0.15) is 23.2 Å². The number of ether oxygens (including phenoxy) is 2. The van der Waals surface area contributed by atoms with E-state index < -0.39 is 35.4 Å². The Morgan fingerprint density at radius 1 is 0.958 bits per heavy atom. The zero-order valence-electron chi connectivity index (χ0n) is 26.5. The van der Waals surface area contributed by atoms with Gasteiger partial charge in [0.15, 0.2) is 0 Å². The van der Waals surface area contributed by atoms with Crippen molar-refractivity contribution in [2.75, 3.05) is 12.4 Å². The highest BCUT2D eigenvalue weighted by molar-refractivity contribution is 5.97. The largest absolute Gasteiger partial charge is 0.497 e. The van der Waals surface area contributed by atoms with Gasteiger partial charge in [0.25, 0.3) is 11.8 Å². The lowest BCUT2D eigenvalue weighted by Crippen LogP contribution is -2.42. The number of hydrogen-bond donors (Lipinski definition) is 3. The third kappa shape index (κ3) is 8.37. The molecular weight excluding hydrogens is 621 g/mol. The second-order valence-corrected chi connectivity index (χ2v) is 11.7. The molecule has 0 radical (unpaired) electrons. The van der Waals surface area contributed by atoms with Crippen LogP contribution >= 0.6 is 0 Å². The predicted octanol–water partition coefficient (Wildman–Crippen LogP) is 6.39. The molecule has 2 heterocycles. The molecule has 2 amide bonds. The lowest BCUT2D eigenvalue weighted by atomic mass is 10.0. The molecule has 0 spiro atoms. The van der Waals surface area contributed by atoms with Crippen molar-refractivity contribution in [3.63, 3.8) is 0 Å². The topological polar surface area (TPSA) is 166 Å². The Balaban J connectivity index is 1.24. The van der Waals surface area contributed by atoms with E-state index >= 15 is 4.39 Å². The number of amides is 2. The fourth-order valence-electron chi connectivity index (χ4n) is 4.60. The number of aromatic nitrogens is 3. The van der Waals surface area contributed by atoms with Crippen molar-refractivity contribution in [2.45, 2.75) is 38.8 Å². The number of carboxylic acid groups (broad SMARTS) is 1. The number of carbonyl (C=O) groups is 3. The summed E-state index contributed by atoms with van der Waals surface area (Å²) < 4.78 is 31.0. The Morgan fingerprint density at radius 2 is 1.67 bits per heavy atom. The summed E-state index contributed by atoms with van der Waals surface area (Å²) in [6.07, 6.45) is 0.677. The molecule has 0 fully saturated rings. The summed E-state index contributed by atoms with van der Waals surface area (Å²) in [5.74, 6) is -1.83. The van der Waals surface area contributed by atoms with Crippen LogP contribution in [-0.4, -0.2) is 57.0 Å². The average Bonchev–Trinajstić information content (AvgIpc) is 3.54. The van der Waals surface area contributed by atoms with Crippen molar-refractivity contribution in [1.82, 2.24) is 20.4 Å². The van der Waals surface area contributed by atoms with Crippen LogP contribution < -0.4 is 15.4 Å². The molecule has 13 heteroatoms. The van der Waals surface area contributed by atoms with Crippen LogP contribution in [0.2, 0.25) is 0 Å². The van der Waals surface area contributed by atoms with E-state index in [1.54, 1.807) is 82.5 Å². The van der Waals surface area contributed by atoms with Gasteiger partial charge in [-0.05, 0) is 99.1 Å². The minimum absolute atomic E-state index is 0.0153. The number of methoxy groups -OCH3 is 1. The fourth-order valence-corrected chi connectivity index (χ4v) is 4.60. The first-order valence-corrected chi connectivity index (χ1v) is 14.8. The Hall–Kier alpha value is -6.11. The van der Waals surface area contributed by atoms with Crippen LogP contribution in [0, 0.1) is 5.82 Å². The van der Waals surface area contributed by atoms with Gasteiger partial charge in [-0.3, -0.25) is 15.1 Å². The van der Waals surface area contributed by atoms with Crippen LogP contribution in [0.15, 0.2) is 89.6 Å². The Bertz CT molecular complexity index is 1940. The summed E-state index contributed by atoms with van der Waals surface area (Å²) in [7, 11) is 1.56. The number of nitrogens with zero attached hydrogens (tertiary/aromatic N) is 3. The van der Waals surface area contributed by atoms with Crippen molar-refractivity contribution < 1.29 is 37.9 Å². The Kier molecular flexibility index (Phi) is 9.78. The minimum atomic E-state index is -1.34. The van der Waals surface area contributed by atoms with Gasteiger partial charge in [-0.25, -0.2) is 14.0 Å². The standard InChI is InChI=1S/C35H32FN5O7/c1-35(2,3)47-34(45)38-24-10-6-22(7-11-24)32-40-30(41-48-32)26-14-5-20(17-27(26)36)18-29(33(43)44)39-31(42)23-15-16-37-28(19-23)21-8-12-25(46-4)13-9-21/h5-17,19,29H,18H2,1-4H3,(H,38,45)(H,39,42)(H,43,44). The number of anilines is 1. The number of aliphatic carboxylic acids is 1. The molecule has 1 unspecified atom stereocenters. The van der Waals surface area contributed by atoms with Crippen molar-refractivity contribution >= 4 is 23.7 Å². The quantitative estimate of drug-likeness (QED) is 0.154. The van der Waals surface area contributed by atoms with Gasteiger partial charge < -0.3 is 24.4 Å². The molecule has 48 heavy (non-hydrogen) atoms. The van der Waals surface area contributed by atoms with Crippen molar-refractivity contribution in [2.24, 2.45) is 0 Å². The summed E-state index contributed by atoms with van der Waals surface area (Å²) in [6.45, 7) is 5.28. The van der Waals surface area contributed by atoms with Crippen molar-refractivity contribution in [1.29, 1.82) is 0 Å². The summed E-state index contributed by atoms with van der Waals surface area (Å²) >= 11 is 0. The molecule has 0 aliphatic heterocycles. The molecular formula is C35H32FN5O7. The van der Waals surface area contributed by atoms with Gasteiger partial charge in [-0.1, -0.05) is 11.2 Å². The molecule has 0 saturated heterocycles. The van der Waals surface area contributed by atoms with Crippen LogP contribution in [0.4, 0.5) is 14.9 Å². The van der Waals surface area contributed by atoms with E-state index in [4.69, 9.17) is 14.0 Å². The molecule has 0 bridgehead atoms. The maximum atomic E-state index is 15.2. The van der Waals surface area contributed by atoms with Crippen LogP contribution in [0.5, 0.6) is 5.75 Å². The first kappa shape index (κ1) is 33.3. The molecule has 3 N–H and O–H groups in total. The number of carboxylic acids is 1. The molecule has 0 aliphatic rings. The predicted molar refractivity (Wildman–Crippen MR) is 174 cm³/mol. The van der Waals surface area contributed by atoms with Gasteiger partial charge >= 0.3 is 12.1 Å². The maximum Gasteiger partial charge on any atom is 0.412 e. The number of hydrogen-bond acceptors (Lipinski definition) is 9. The number of carbonyl (C=O) groups excluding carboxylic acids is 2. The van der Waals surface area contributed by atoms with Crippen LogP contribution in [0.3, 0.4) is 0 Å². The zero-order valence-corrected chi connectivity index (χ0v) is 26.5. The van der Waals surface area contributed by atoms with Gasteiger partial charge in [-0.15, -0.1) is 0 Å². The highest BCUT2D eigenvalue weighted by atomic mass is 19.1. The highest BCUT2D eigenvalue weighted by Gasteiger charge is 2.23. The zero-order chi connectivity index (χ0) is 34.4. The second-order valence-electron chi connectivity index (χ2n) is 11.7. The second kappa shape index (κ2) is 14.1. The summed E-state index contributed by atoms with van der Waals surface area (Å²) in [5, 5.41) is 18.9. The molecule has 246 valence electrons. The monoisotopic (exact) mass is 653 g/mol. The first-order valence-electron chi connectivity index (χ1n) is 14.8. The van der Waals surface area contributed by atoms with E-state index in [1.165, 1.54) is 30.5 Å². The van der Waals surface area contributed by atoms with Crippen molar-refractivity contribution in [3.05, 3.63) is 102 Å². The third-order valence-electron chi connectivity index (χ3n) is 6.93. The molecule has 5 rings (SSSR count). The summed E-state index contributed by atoms with van der Waals surface area (Å²) in [6, 6.07) is 19.5. The molecule has 3 aromatic carbocycles. The molecule has 1 atom stereocenters. The summed E-state index contributed by atoms with van der Waals surface area (Å²) in [5.41, 5.74) is 2.23. The van der Waals surface area contributed by atoms with E-state index in [0.717, 1.165) is 5.56 Å². The van der Waals surface area contributed by atoms with Gasteiger partial charge in [0.05, 0.1) is 18.4 Å². The highest BCUT2D eigenvalue weighted by Crippen LogP contribution is 2.27. The minimum Gasteiger partial charge on any atom is -0.497 e. The van der Waals surface area contributed by atoms with Crippen LogP contribution in [0.1, 0.15) is 36.7 Å². The molecule has 0 saturated carbocycles. The number of halogens is 1. The van der Waals surface area contributed by atoms with E-state index in [9.17, 15) is 19.5 Å². The number of pyridine rings is 1. The van der Waals surface area contributed by atoms with Gasteiger partial charge in [0.2, 0.25) is 5.82 Å². The molecule has 2 aromatic heterocycles.